The molecule has 102 valence electrons. The van der Waals surface area contributed by atoms with Gasteiger partial charge in [-0.1, -0.05) is 12.1 Å². The lowest BCUT2D eigenvalue weighted by molar-refractivity contribution is -0.145. The van der Waals surface area contributed by atoms with E-state index in [4.69, 9.17) is 0 Å². The van der Waals surface area contributed by atoms with Crippen LogP contribution in [0.15, 0.2) is 43.2 Å². The fourth-order valence-corrected chi connectivity index (χ4v) is 1.91. The summed E-state index contributed by atoms with van der Waals surface area (Å²) in [5, 5.41) is 0. The van der Waals surface area contributed by atoms with Crippen LogP contribution >= 0.6 is 0 Å². The molecule has 0 bridgehead atoms. The number of nitrogens with zero attached hydrogens (tertiary/aromatic N) is 3. The van der Waals surface area contributed by atoms with Gasteiger partial charge >= 0.3 is 6.18 Å². The Labute approximate surface area is 109 Å². The number of hydrogen-bond acceptors (Lipinski definition) is 2. The highest BCUT2D eigenvalue weighted by Gasteiger charge is 2.30. The maximum Gasteiger partial charge on any atom is 0.401 e. The molecule has 0 atom stereocenters. The SMILES string of the molecule is C=CCN(Cc1cn2ccccc2n1)CC(F)(F)F. The lowest BCUT2D eigenvalue weighted by atomic mass is 10.3. The molecule has 0 aliphatic heterocycles. The normalized spacial score (nSPS) is 12.2. The third-order valence-corrected chi connectivity index (χ3v) is 2.59. The Morgan fingerprint density at radius 2 is 2.16 bits per heavy atom. The Morgan fingerprint density at radius 3 is 2.79 bits per heavy atom. The van der Waals surface area contributed by atoms with Gasteiger partial charge in [0.15, 0.2) is 0 Å². The molecule has 0 amide bonds. The van der Waals surface area contributed by atoms with E-state index < -0.39 is 12.7 Å². The molecule has 3 nitrogen and oxygen atoms in total. The van der Waals surface area contributed by atoms with E-state index in [0.717, 1.165) is 5.65 Å². The minimum atomic E-state index is -4.22. The molecular formula is C13H14F3N3. The standard InChI is InChI=1S/C13H14F3N3/c1-2-6-18(10-13(14,15)16)8-11-9-19-7-4-3-5-12(19)17-11/h2-5,7,9H,1,6,8,10H2. The summed E-state index contributed by atoms with van der Waals surface area (Å²) < 4.78 is 39.1. The maximum atomic E-state index is 12.4. The average molecular weight is 269 g/mol. The molecule has 2 aromatic heterocycles. The van der Waals surface area contributed by atoms with Crippen LogP contribution in [0, 0.1) is 0 Å². The number of aromatic nitrogens is 2. The van der Waals surface area contributed by atoms with Crippen LogP contribution in [0.5, 0.6) is 0 Å². The minimum Gasteiger partial charge on any atom is -0.307 e. The second kappa shape index (κ2) is 5.44. The molecule has 2 heterocycles. The van der Waals surface area contributed by atoms with Crippen LogP contribution in [0.2, 0.25) is 0 Å². The van der Waals surface area contributed by atoms with Gasteiger partial charge in [0.2, 0.25) is 0 Å². The van der Waals surface area contributed by atoms with Gasteiger partial charge in [0.05, 0.1) is 12.2 Å². The largest absolute Gasteiger partial charge is 0.401 e. The van der Waals surface area contributed by atoms with Gasteiger partial charge in [-0.3, -0.25) is 4.90 Å². The van der Waals surface area contributed by atoms with Gasteiger partial charge in [-0.2, -0.15) is 13.2 Å². The van der Waals surface area contributed by atoms with Crippen LogP contribution < -0.4 is 0 Å². The van der Waals surface area contributed by atoms with Gasteiger partial charge in [-0.15, -0.1) is 6.58 Å². The summed E-state index contributed by atoms with van der Waals surface area (Å²) in [6.07, 6.45) is 0.791. The van der Waals surface area contributed by atoms with Crippen molar-refractivity contribution in [2.45, 2.75) is 12.7 Å². The highest BCUT2D eigenvalue weighted by molar-refractivity contribution is 5.39. The second-order valence-corrected chi connectivity index (χ2v) is 4.27. The molecule has 6 heteroatoms. The van der Waals surface area contributed by atoms with Gasteiger partial charge in [0.1, 0.15) is 5.65 Å². The van der Waals surface area contributed by atoms with Crippen molar-refractivity contribution in [1.82, 2.24) is 14.3 Å². The number of rotatable bonds is 5. The summed E-state index contributed by atoms with van der Waals surface area (Å²) in [6.45, 7) is 2.83. The van der Waals surface area contributed by atoms with Crippen molar-refractivity contribution in [3.63, 3.8) is 0 Å². The molecule has 19 heavy (non-hydrogen) atoms. The Kier molecular flexibility index (Phi) is 3.90. The van der Waals surface area contributed by atoms with Gasteiger partial charge < -0.3 is 4.40 Å². The topological polar surface area (TPSA) is 20.5 Å². The summed E-state index contributed by atoms with van der Waals surface area (Å²) in [4.78, 5) is 5.54. The van der Waals surface area contributed by atoms with E-state index in [-0.39, 0.29) is 13.1 Å². The number of alkyl halides is 3. The smallest absolute Gasteiger partial charge is 0.307 e. The molecule has 0 fully saturated rings. The maximum absolute atomic E-state index is 12.4. The predicted molar refractivity (Wildman–Crippen MR) is 66.7 cm³/mol. The second-order valence-electron chi connectivity index (χ2n) is 4.27. The molecule has 0 radical (unpaired) electrons. The van der Waals surface area contributed by atoms with Gasteiger partial charge in [0, 0.05) is 25.5 Å². The van der Waals surface area contributed by atoms with Gasteiger partial charge in [0.25, 0.3) is 0 Å². The Bertz CT molecular complexity index is 527. The third-order valence-electron chi connectivity index (χ3n) is 2.59. The Balaban J connectivity index is 2.13. The molecule has 2 aromatic rings. The number of pyridine rings is 1. The summed E-state index contributed by atoms with van der Waals surface area (Å²) in [5.41, 5.74) is 1.33. The first-order valence-electron chi connectivity index (χ1n) is 5.80. The average Bonchev–Trinajstić information content (AvgIpc) is 2.69. The summed E-state index contributed by atoms with van der Waals surface area (Å²) in [5.74, 6) is 0. The highest BCUT2D eigenvalue weighted by Crippen LogP contribution is 2.18. The fraction of sp³-hybridized carbons (Fsp3) is 0.308. The Hall–Kier alpha value is -1.82. The van der Waals surface area contributed by atoms with Crippen molar-refractivity contribution in [3.8, 4) is 0 Å². The molecule has 0 saturated heterocycles. The van der Waals surface area contributed by atoms with E-state index in [1.54, 1.807) is 10.6 Å². The van der Waals surface area contributed by atoms with Gasteiger partial charge in [-0.25, -0.2) is 4.98 Å². The first-order valence-corrected chi connectivity index (χ1v) is 5.80. The van der Waals surface area contributed by atoms with E-state index in [1.807, 2.05) is 24.4 Å². The van der Waals surface area contributed by atoms with E-state index in [9.17, 15) is 13.2 Å². The predicted octanol–water partition coefficient (Wildman–Crippen LogP) is 2.88. The van der Waals surface area contributed by atoms with Crippen LogP contribution in [0.3, 0.4) is 0 Å². The lowest BCUT2D eigenvalue weighted by Gasteiger charge is -2.20. The zero-order valence-corrected chi connectivity index (χ0v) is 10.3. The summed E-state index contributed by atoms with van der Waals surface area (Å²) in [7, 11) is 0. The van der Waals surface area contributed by atoms with Crippen molar-refractivity contribution in [2.75, 3.05) is 13.1 Å². The van der Waals surface area contributed by atoms with Crippen LogP contribution in [0.25, 0.3) is 5.65 Å². The zero-order chi connectivity index (χ0) is 13.9. The van der Waals surface area contributed by atoms with Crippen molar-refractivity contribution >= 4 is 5.65 Å². The summed E-state index contributed by atoms with van der Waals surface area (Å²) >= 11 is 0. The highest BCUT2D eigenvalue weighted by atomic mass is 19.4. The zero-order valence-electron chi connectivity index (χ0n) is 10.3. The molecule has 0 N–H and O–H groups in total. The summed E-state index contributed by atoms with van der Waals surface area (Å²) in [6, 6.07) is 5.49. The molecular weight excluding hydrogens is 255 g/mol. The minimum absolute atomic E-state index is 0.146. The number of imidazole rings is 1. The monoisotopic (exact) mass is 269 g/mol. The van der Waals surface area contributed by atoms with Gasteiger partial charge in [-0.05, 0) is 12.1 Å². The number of fused-ring (bicyclic) bond motifs is 1. The molecule has 0 saturated carbocycles. The van der Waals surface area contributed by atoms with E-state index in [0.29, 0.717) is 5.69 Å². The number of hydrogen-bond donors (Lipinski definition) is 0. The first kappa shape index (κ1) is 13.6. The van der Waals surface area contributed by atoms with Crippen molar-refractivity contribution in [1.29, 1.82) is 0 Å². The fourth-order valence-electron chi connectivity index (χ4n) is 1.91. The van der Waals surface area contributed by atoms with Crippen molar-refractivity contribution in [2.24, 2.45) is 0 Å². The van der Waals surface area contributed by atoms with Crippen LogP contribution in [-0.4, -0.2) is 33.6 Å². The van der Waals surface area contributed by atoms with Crippen LogP contribution in [0.4, 0.5) is 13.2 Å². The first-order chi connectivity index (χ1) is 8.98. The molecule has 0 unspecified atom stereocenters. The molecule has 2 rings (SSSR count). The van der Waals surface area contributed by atoms with E-state index >= 15 is 0 Å². The van der Waals surface area contributed by atoms with Crippen LogP contribution in [0.1, 0.15) is 5.69 Å². The van der Waals surface area contributed by atoms with E-state index in [1.165, 1.54) is 11.0 Å². The lowest BCUT2D eigenvalue weighted by Crippen LogP contribution is -2.34. The van der Waals surface area contributed by atoms with Crippen LogP contribution in [-0.2, 0) is 6.54 Å². The van der Waals surface area contributed by atoms with E-state index in [2.05, 4.69) is 11.6 Å². The quantitative estimate of drug-likeness (QED) is 0.778. The number of halogens is 3. The molecule has 0 spiro atoms. The molecule has 0 aliphatic rings. The molecule has 0 aliphatic carbocycles. The van der Waals surface area contributed by atoms with Crippen molar-refractivity contribution < 1.29 is 13.2 Å². The van der Waals surface area contributed by atoms with Crippen molar-refractivity contribution in [3.05, 3.63) is 48.9 Å². The third kappa shape index (κ3) is 3.82. The Morgan fingerprint density at radius 1 is 1.37 bits per heavy atom. The molecule has 0 aromatic carbocycles.